The van der Waals surface area contributed by atoms with E-state index in [-0.39, 0.29) is 29.7 Å². The number of guanidine groups is 1. The maximum absolute atomic E-state index is 10.6. The molecule has 1 aromatic rings. The number of hydrogen-bond acceptors (Lipinski definition) is 4. The van der Waals surface area contributed by atoms with Crippen molar-refractivity contribution in [2.75, 3.05) is 26.8 Å². The van der Waals surface area contributed by atoms with Crippen molar-refractivity contribution in [2.45, 2.75) is 32.7 Å². The average molecular weight is 450 g/mol. The van der Waals surface area contributed by atoms with E-state index in [1.165, 1.54) is 25.0 Å². The number of methoxy groups -OCH3 is 1. The van der Waals surface area contributed by atoms with Crippen LogP contribution in [0.5, 0.6) is 0 Å². The quantitative estimate of drug-likeness (QED) is 0.143. The van der Waals surface area contributed by atoms with Crippen LogP contribution in [-0.2, 0) is 11.3 Å². The summed E-state index contributed by atoms with van der Waals surface area (Å²) in [5.74, 6) is 0.733. The van der Waals surface area contributed by atoms with Crippen LogP contribution in [0.4, 0.5) is 5.69 Å². The number of aliphatic imine (C=N–C) groups is 1. The van der Waals surface area contributed by atoms with Gasteiger partial charge in [0, 0.05) is 32.3 Å². The summed E-state index contributed by atoms with van der Waals surface area (Å²) in [5, 5.41) is 17.1. The highest BCUT2D eigenvalue weighted by atomic mass is 127. The zero-order valence-electron chi connectivity index (χ0n) is 14.3. The molecule has 0 aliphatic carbocycles. The van der Waals surface area contributed by atoms with E-state index in [9.17, 15) is 10.1 Å². The van der Waals surface area contributed by atoms with Gasteiger partial charge in [-0.2, -0.15) is 0 Å². The van der Waals surface area contributed by atoms with E-state index in [1.54, 1.807) is 19.2 Å². The Labute approximate surface area is 160 Å². The van der Waals surface area contributed by atoms with Crippen molar-refractivity contribution in [3.05, 3.63) is 39.9 Å². The number of nitro groups is 1. The Balaban J connectivity index is 0.00000529. The van der Waals surface area contributed by atoms with Crippen LogP contribution in [0.25, 0.3) is 0 Å². The largest absolute Gasteiger partial charge is 0.383 e. The lowest BCUT2D eigenvalue weighted by atomic mass is 10.2. The Morgan fingerprint density at radius 3 is 2.46 bits per heavy atom. The number of hydrogen-bond donors (Lipinski definition) is 2. The number of nitrogens with zero attached hydrogens (tertiary/aromatic N) is 2. The maximum Gasteiger partial charge on any atom is 0.269 e. The number of halogens is 1. The minimum absolute atomic E-state index is 0. The molecule has 0 aromatic heterocycles. The van der Waals surface area contributed by atoms with Crippen molar-refractivity contribution in [3.63, 3.8) is 0 Å². The molecule has 7 nitrogen and oxygen atoms in total. The lowest BCUT2D eigenvalue weighted by Crippen LogP contribution is -2.39. The van der Waals surface area contributed by atoms with E-state index in [4.69, 9.17) is 4.74 Å². The van der Waals surface area contributed by atoms with Crippen LogP contribution in [0.3, 0.4) is 0 Å². The Morgan fingerprint density at radius 1 is 1.21 bits per heavy atom. The van der Waals surface area contributed by atoms with Gasteiger partial charge in [0.05, 0.1) is 18.1 Å². The van der Waals surface area contributed by atoms with Gasteiger partial charge in [0.2, 0.25) is 0 Å². The minimum Gasteiger partial charge on any atom is -0.383 e. The number of ether oxygens (including phenoxy) is 1. The van der Waals surface area contributed by atoms with Crippen molar-refractivity contribution in [1.82, 2.24) is 10.6 Å². The summed E-state index contributed by atoms with van der Waals surface area (Å²) in [6, 6.07) is 6.45. The number of non-ortho nitro benzene ring substituents is 1. The molecule has 136 valence electrons. The fourth-order valence-corrected chi connectivity index (χ4v) is 1.92. The monoisotopic (exact) mass is 450 g/mol. The van der Waals surface area contributed by atoms with Crippen LogP contribution >= 0.6 is 24.0 Å². The van der Waals surface area contributed by atoms with Gasteiger partial charge in [-0.25, -0.2) is 4.99 Å². The first-order valence-electron chi connectivity index (χ1n) is 7.91. The molecule has 0 amide bonds. The second-order valence-corrected chi connectivity index (χ2v) is 5.14. The van der Waals surface area contributed by atoms with Crippen molar-refractivity contribution < 1.29 is 9.66 Å². The van der Waals surface area contributed by atoms with Crippen LogP contribution in [-0.4, -0.2) is 37.7 Å². The molecule has 0 saturated carbocycles. The molecular weight excluding hydrogens is 423 g/mol. The molecule has 0 heterocycles. The summed E-state index contributed by atoms with van der Waals surface area (Å²) >= 11 is 0. The summed E-state index contributed by atoms with van der Waals surface area (Å²) in [5.41, 5.74) is 1.02. The topological polar surface area (TPSA) is 88.8 Å². The zero-order valence-corrected chi connectivity index (χ0v) is 16.6. The normalized spacial score (nSPS) is 10.8. The van der Waals surface area contributed by atoms with Crippen LogP contribution in [0.15, 0.2) is 29.3 Å². The molecule has 0 unspecified atom stereocenters. The van der Waals surface area contributed by atoms with Gasteiger partial charge in [0.1, 0.15) is 0 Å². The molecule has 1 aromatic carbocycles. The summed E-state index contributed by atoms with van der Waals surface area (Å²) in [4.78, 5) is 14.7. The van der Waals surface area contributed by atoms with Gasteiger partial charge in [-0.05, 0) is 12.0 Å². The standard InChI is InChI=1S/C16H26N4O3.HI/c1-3-4-5-10-17-16(18-11-12-23-2)19-13-14-6-8-15(9-7-14)20(21)22;/h6-9H,3-5,10-13H2,1-2H3,(H2,17,18,19);1H. The highest BCUT2D eigenvalue weighted by Gasteiger charge is 2.04. The van der Waals surface area contributed by atoms with E-state index in [0.717, 1.165) is 24.5 Å². The minimum atomic E-state index is -0.403. The van der Waals surface area contributed by atoms with Gasteiger partial charge in [-0.15, -0.1) is 24.0 Å². The number of nitro benzene ring substituents is 1. The molecule has 0 saturated heterocycles. The Bertz CT molecular complexity index is 495. The predicted octanol–water partition coefficient (Wildman–Crippen LogP) is 3.08. The highest BCUT2D eigenvalue weighted by molar-refractivity contribution is 14.0. The van der Waals surface area contributed by atoms with Gasteiger partial charge >= 0.3 is 0 Å². The zero-order chi connectivity index (χ0) is 16.9. The third-order valence-corrected chi connectivity index (χ3v) is 3.24. The van der Waals surface area contributed by atoms with E-state index >= 15 is 0 Å². The number of unbranched alkanes of at least 4 members (excludes halogenated alkanes) is 2. The second kappa shape index (κ2) is 14.0. The fraction of sp³-hybridized carbons (Fsp3) is 0.562. The SMILES string of the molecule is CCCCCNC(=NCc1ccc([N+](=O)[O-])cc1)NCCOC.I. The third-order valence-electron chi connectivity index (χ3n) is 3.24. The molecule has 1 rings (SSSR count). The van der Waals surface area contributed by atoms with Gasteiger partial charge in [-0.1, -0.05) is 31.9 Å². The van der Waals surface area contributed by atoms with Gasteiger partial charge < -0.3 is 15.4 Å². The third kappa shape index (κ3) is 9.66. The lowest BCUT2D eigenvalue weighted by Gasteiger charge is -2.12. The number of nitrogens with one attached hydrogen (secondary N) is 2. The van der Waals surface area contributed by atoms with Crippen LogP contribution < -0.4 is 10.6 Å². The molecular formula is C16H27IN4O3. The molecule has 0 bridgehead atoms. The van der Waals surface area contributed by atoms with Gasteiger partial charge in [0.15, 0.2) is 5.96 Å². The molecule has 24 heavy (non-hydrogen) atoms. The number of benzene rings is 1. The first-order chi connectivity index (χ1) is 11.2. The first-order valence-corrected chi connectivity index (χ1v) is 7.91. The molecule has 0 aliphatic heterocycles. The summed E-state index contributed by atoms with van der Waals surface area (Å²) in [6.07, 6.45) is 3.45. The molecule has 0 atom stereocenters. The fourth-order valence-electron chi connectivity index (χ4n) is 1.92. The molecule has 8 heteroatoms. The van der Waals surface area contributed by atoms with E-state index in [0.29, 0.717) is 19.7 Å². The second-order valence-electron chi connectivity index (χ2n) is 5.14. The molecule has 0 radical (unpaired) electrons. The van der Waals surface area contributed by atoms with Crippen LogP contribution in [0.1, 0.15) is 31.7 Å². The van der Waals surface area contributed by atoms with Crippen molar-refractivity contribution in [1.29, 1.82) is 0 Å². The summed E-state index contributed by atoms with van der Waals surface area (Å²) in [7, 11) is 1.66. The smallest absolute Gasteiger partial charge is 0.269 e. The molecule has 0 fully saturated rings. The van der Waals surface area contributed by atoms with Crippen molar-refractivity contribution in [3.8, 4) is 0 Å². The van der Waals surface area contributed by atoms with Crippen molar-refractivity contribution in [2.24, 2.45) is 4.99 Å². The maximum atomic E-state index is 10.6. The molecule has 2 N–H and O–H groups in total. The van der Waals surface area contributed by atoms with E-state index < -0.39 is 4.92 Å². The van der Waals surface area contributed by atoms with Crippen molar-refractivity contribution >= 4 is 35.6 Å². The highest BCUT2D eigenvalue weighted by Crippen LogP contribution is 2.12. The van der Waals surface area contributed by atoms with Crippen LogP contribution in [0, 0.1) is 10.1 Å². The number of rotatable bonds is 10. The van der Waals surface area contributed by atoms with Gasteiger partial charge in [-0.3, -0.25) is 10.1 Å². The predicted molar refractivity (Wildman–Crippen MR) is 107 cm³/mol. The Kier molecular flexibility index (Phi) is 13.1. The van der Waals surface area contributed by atoms with E-state index in [1.807, 2.05) is 0 Å². The Morgan fingerprint density at radius 2 is 1.88 bits per heavy atom. The van der Waals surface area contributed by atoms with Gasteiger partial charge in [0.25, 0.3) is 5.69 Å². The Hall–Kier alpha value is -1.42. The van der Waals surface area contributed by atoms with Crippen LogP contribution in [0.2, 0.25) is 0 Å². The molecule has 0 spiro atoms. The first kappa shape index (κ1) is 22.6. The summed E-state index contributed by atoms with van der Waals surface area (Å²) < 4.78 is 5.02. The summed E-state index contributed by atoms with van der Waals surface area (Å²) in [6.45, 7) is 4.78. The molecule has 0 aliphatic rings. The average Bonchev–Trinajstić information content (AvgIpc) is 2.56. The van der Waals surface area contributed by atoms with E-state index in [2.05, 4.69) is 22.5 Å². The lowest BCUT2D eigenvalue weighted by molar-refractivity contribution is -0.384.